The number of imidazole rings is 1. The predicted octanol–water partition coefficient (Wildman–Crippen LogP) is 2.92. The van der Waals surface area contributed by atoms with E-state index in [4.69, 9.17) is 4.74 Å². The highest BCUT2D eigenvalue weighted by molar-refractivity contribution is 5.61. The zero-order valence-corrected chi connectivity index (χ0v) is 10.9. The first-order chi connectivity index (χ1) is 9.42. The third-order valence-corrected chi connectivity index (χ3v) is 3.54. The molecule has 2 heterocycles. The Balaban J connectivity index is 1.57. The molecule has 1 fully saturated rings. The average molecular weight is 257 g/mol. The smallest absolute Gasteiger partial charge is 0.0924 e. The van der Waals surface area contributed by atoms with E-state index < -0.39 is 0 Å². The van der Waals surface area contributed by atoms with Gasteiger partial charge in [-0.2, -0.15) is 0 Å². The van der Waals surface area contributed by atoms with Gasteiger partial charge in [0.15, 0.2) is 0 Å². The van der Waals surface area contributed by atoms with Crippen molar-refractivity contribution in [1.29, 1.82) is 0 Å². The molecule has 1 aromatic heterocycles. The fourth-order valence-corrected chi connectivity index (χ4v) is 2.41. The normalized spacial score (nSPS) is 19.3. The van der Waals surface area contributed by atoms with Crippen molar-refractivity contribution in [2.45, 2.75) is 12.8 Å². The minimum Gasteiger partial charge on any atom is -0.385 e. The summed E-state index contributed by atoms with van der Waals surface area (Å²) in [6.07, 6.45) is 5.98. The van der Waals surface area contributed by atoms with Crippen LogP contribution < -0.4 is 5.32 Å². The summed E-state index contributed by atoms with van der Waals surface area (Å²) >= 11 is 0. The maximum absolute atomic E-state index is 5.49. The molecular weight excluding hydrogens is 238 g/mol. The Morgan fingerprint density at radius 3 is 2.89 bits per heavy atom. The monoisotopic (exact) mass is 257 g/mol. The number of rotatable bonds is 4. The minimum absolute atomic E-state index is 0.640. The van der Waals surface area contributed by atoms with E-state index in [0.29, 0.717) is 5.92 Å². The lowest BCUT2D eigenvalue weighted by molar-refractivity contribution is 0.0595. The van der Waals surface area contributed by atoms with Crippen molar-refractivity contribution >= 4 is 5.69 Å². The first-order valence-corrected chi connectivity index (χ1v) is 6.82. The molecule has 1 aromatic carbocycles. The molecule has 0 bridgehead atoms. The summed E-state index contributed by atoms with van der Waals surface area (Å²) in [4.78, 5) is 7.14. The molecule has 1 aliphatic heterocycles. The fourth-order valence-electron chi connectivity index (χ4n) is 2.41. The summed E-state index contributed by atoms with van der Waals surface area (Å²) in [6, 6.07) is 8.43. The summed E-state index contributed by atoms with van der Waals surface area (Å²) in [5.41, 5.74) is 3.37. The summed E-state index contributed by atoms with van der Waals surface area (Å²) in [5, 5.41) is 3.48. The van der Waals surface area contributed by atoms with Gasteiger partial charge in [-0.25, -0.2) is 4.98 Å². The van der Waals surface area contributed by atoms with Crippen molar-refractivity contribution in [2.24, 2.45) is 5.92 Å². The molecule has 0 saturated carbocycles. The molecule has 2 aromatic rings. The lowest BCUT2D eigenvalue weighted by atomic mass is 10.0. The number of ether oxygens (including phenoxy) is 1. The molecule has 19 heavy (non-hydrogen) atoms. The zero-order valence-electron chi connectivity index (χ0n) is 10.9. The summed E-state index contributed by atoms with van der Waals surface area (Å²) in [5.74, 6) is 0.640. The third kappa shape index (κ3) is 3.15. The SMILES string of the molecule is c1ncc(-c2ccc(NCC3CCCOC3)cc2)[nH]1. The molecule has 4 heteroatoms. The number of aromatic amines is 1. The number of benzene rings is 1. The van der Waals surface area contributed by atoms with Crippen LogP contribution in [0.2, 0.25) is 0 Å². The highest BCUT2D eigenvalue weighted by Gasteiger charge is 2.13. The zero-order chi connectivity index (χ0) is 12.9. The number of aromatic nitrogens is 2. The van der Waals surface area contributed by atoms with Crippen LogP contribution in [0.5, 0.6) is 0 Å². The lowest BCUT2D eigenvalue weighted by Gasteiger charge is -2.22. The van der Waals surface area contributed by atoms with E-state index in [2.05, 4.69) is 39.6 Å². The van der Waals surface area contributed by atoms with Crippen LogP contribution in [-0.2, 0) is 4.74 Å². The van der Waals surface area contributed by atoms with Gasteiger partial charge in [-0.05, 0) is 36.5 Å². The van der Waals surface area contributed by atoms with Crippen molar-refractivity contribution in [3.05, 3.63) is 36.8 Å². The van der Waals surface area contributed by atoms with Gasteiger partial charge < -0.3 is 15.0 Å². The molecule has 100 valence electrons. The van der Waals surface area contributed by atoms with Crippen LogP contribution in [-0.4, -0.2) is 29.7 Å². The van der Waals surface area contributed by atoms with Crippen molar-refractivity contribution in [3.63, 3.8) is 0 Å². The standard InChI is InChI=1S/C15H19N3O/c1-2-12(10-19-7-1)8-17-14-5-3-13(4-6-14)15-9-16-11-18-15/h3-6,9,11-12,17H,1-2,7-8,10H2,(H,16,18). The Morgan fingerprint density at radius 2 is 2.21 bits per heavy atom. The molecule has 2 N–H and O–H groups in total. The molecule has 1 atom stereocenters. The molecule has 1 unspecified atom stereocenters. The Labute approximate surface area is 113 Å². The van der Waals surface area contributed by atoms with E-state index >= 15 is 0 Å². The number of nitrogens with zero attached hydrogens (tertiary/aromatic N) is 1. The third-order valence-electron chi connectivity index (χ3n) is 3.54. The van der Waals surface area contributed by atoms with Crippen molar-refractivity contribution in [3.8, 4) is 11.3 Å². The number of H-pyrrole nitrogens is 1. The van der Waals surface area contributed by atoms with Gasteiger partial charge in [-0.15, -0.1) is 0 Å². The Bertz CT molecular complexity index is 487. The van der Waals surface area contributed by atoms with Crippen molar-refractivity contribution < 1.29 is 4.74 Å². The van der Waals surface area contributed by atoms with Crippen LogP contribution in [0.25, 0.3) is 11.3 Å². The summed E-state index contributed by atoms with van der Waals surface area (Å²) < 4.78 is 5.49. The number of anilines is 1. The van der Waals surface area contributed by atoms with E-state index in [0.717, 1.165) is 36.7 Å². The van der Waals surface area contributed by atoms with E-state index in [9.17, 15) is 0 Å². The minimum atomic E-state index is 0.640. The number of hydrogen-bond acceptors (Lipinski definition) is 3. The average Bonchev–Trinajstić information content (AvgIpc) is 3.01. The second-order valence-electron chi connectivity index (χ2n) is 5.01. The van der Waals surface area contributed by atoms with Crippen molar-refractivity contribution in [2.75, 3.05) is 25.1 Å². The van der Waals surface area contributed by atoms with Crippen LogP contribution in [0.15, 0.2) is 36.8 Å². The Morgan fingerprint density at radius 1 is 1.32 bits per heavy atom. The van der Waals surface area contributed by atoms with Crippen LogP contribution >= 0.6 is 0 Å². The molecule has 1 saturated heterocycles. The van der Waals surface area contributed by atoms with Gasteiger partial charge in [0.05, 0.1) is 24.8 Å². The highest BCUT2D eigenvalue weighted by Crippen LogP contribution is 2.20. The molecule has 0 amide bonds. The molecule has 3 rings (SSSR count). The van der Waals surface area contributed by atoms with E-state index in [1.165, 1.54) is 12.8 Å². The van der Waals surface area contributed by atoms with Crippen LogP contribution in [0.4, 0.5) is 5.69 Å². The van der Waals surface area contributed by atoms with Gasteiger partial charge in [-0.3, -0.25) is 0 Å². The summed E-state index contributed by atoms with van der Waals surface area (Å²) in [6.45, 7) is 2.80. The van der Waals surface area contributed by atoms with Gasteiger partial charge in [0.25, 0.3) is 0 Å². The largest absolute Gasteiger partial charge is 0.385 e. The van der Waals surface area contributed by atoms with Gasteiger partial charge >= 0.3 is 0 Å². The molecule has 4 nitrogen and oxygen atoms in total. The molecular formula is C15H19N3O. The maximum atomic E-state index is 5.49. The molecule has 0 aliphatic carbocycles. The topological polar surface area (TPSA) is 49.9 Å². The van der Waals surface area contributed by atoms with E-state index in [1.54, 1.807) is 6.33 Å². The quantitative estimate of drug-likeness (QED) is 0.885. The number of nitrogens with one attached hydrogen (secondary N) is 2. The predicted molar refractivity (Wildman–Crippen MR) is 76.1 cm³/mol. The van der Waals surface area contributed by atoms with Gasteiger partial charge in [0, 0.05) is 18.8 Å². The van der Waals surface area contributed by atoms with Crippen molar-refractivity contribution in [1.82, 2.24) is 9.97 Å². The first kappa shape index (κ1) is 12.2. The fraction of sp³-hybridized carbons (Fsp3) is 0.400. The summed E-state index contributed by atoms with van der Waals surface area (Å²) in [7, 11) is 0. The second-order valence-corrected chi connectivity index (χ2v) is 5.01. The van der Waals surface area contributed by atoms with Crippen LogP contribution in [0, 0.1) is 5.92 Å². The van der Waals surface area contributed by atoms with Gasteiger partial charge in [0.1, 0.15) is 0 Å². The second kappa shape index (κ2) is 5.89. The molecule has 0 radical (unpaired) electrons. The van der Waals surface area contributed by atoms with Crippen LogP contribution in [0.3, 0.4) is 0 Å². The highest BCUT2D eigenvalue weighted by atomic mass is 16.5. The van der Waals surface area contributed by atoms with E-state index in [1.807, 2.05) is 6.20 Å². The molecule has 1 aliphatic rings. The Hall–Kier alpha value is -1.81. The lowest BCUT2D eigenvalue weighted by Crippen LogP contribution is -2.24. The van der Waals surface area contributed by atoms with Gasteiger partial charge in [-0.1, -0.05) is 12.1 Å². The van der Waals surface area contributed by atoms with Crippen LogP contribution in [0.1, 0.15) is 12.8 Å². The molecule has 0 spiro atoms. The Kier molecular flexibility index (Phi) is 3.79. The van der Waals surface area contributed by atoms with Gasteiger partial charge in [0.2, 0.25) is 0 Å². The first-order valence-electron chi connectivity index (χ1n) is 6.82. The maximum Gasteiger partial charge on any atom is 0.0924 e. The van der Waals surface area contributed by atoms with E-state index in [-0.39, 0.29) is 0 Å². The number of hydrogen-bond donors (Lipinski definition) is 2.